The smallest absolute Gasteiger partial charge is 0.335 e. The van der Waals surface area contributed by atoms with Crippen LogP contribution in [0.2, 0.25) is 0 Å². The molecule has 7 N–H and O–H groups in total. The summed E-state index contributed by atoms with van der Waals surface area (Å²) in [5.41, 5.74) is 8.34. The molecule has 5 rings (SSSR count). The molecular formula is C68H93ClN2O16. The Kier molecular flexibility index (Phi) is 41.0. The fourth-order valence-electron chi connectivity index (χ4n) is 9.00. The number of benzene rings is 4. The van der Waals surface area contributed by atoms with E-state index in [9.17, 15) is 38.4 Å². The maximum Gasteiger partial charge on any atom is 0.335 e. The van der Waals surface area contributed by atoms with Crippen molar-refractivity contribution in [2.45, 2.75) is 187 Å². The molecule has 3 amide bonds. The highest BCUT2D eigenvalue weighted by atomic mass is 35.5. The van der Waals surface area contributed by atoms with Crippen molar-refractivity contribution >= 4 is 64.9 Å². The summed E-state index contributed by atoms with van der Waals surface area (Å²) in [4.78, 5) is 89.5. The van der Waals surface area contributed by atoms with Crippen molar-refractivity contribution in [1.82, 2.24) is 0 Å². The summed E-state index contributed by atoms with van der Waals surface area (Å²) < 4.78 is 15.5. The summed E-state index contributed by atoms with van der Waals surface area (Å²) in [5.74, 6) is -4.90. The van der Waals surface area contributed by atoms with Crippen LogP contribution in [0.1, 0.15) is 221 Å². The van der Waals surface area contributed by atoms with Crippen LogP contribution in [0.4, 0.5) is 5.69 Å². The van der Waals surface area contributed by atoms with E-state index in [4.69, 9.17) is 57.1 Å². The number of primary amides is 1. The van der Waals surface area contributed by atoms with Crippen molar-refractivity contribution < 1.29 is 78.1 Å². The number of nitrogens with zero attached hydrogens (tertiary/aromatic N) is 1. The lowest BCUT2D eigenvalue weighted by Gasteiger charge is -2.14. The second-order valence-corrected chi connectivity index (χ2v) is 21.2. The minimum Gasteiger partial charge on any atom is -0.493 e. The van der Waals surface area contributed by atoms with Crippen molar-refractivity contribution in [2.24, 2.45) is 5.73 Å². The average Bonchev–Trinajstić information content (AvgIpc) is 4.04. The Morgan fingerprint density at radius 1 is 0.586 bits per heavy atom. The number of fused-ring (bicyclic) bond motifs is 1. The second-order valence-electron chi connectivity index (χ2n) is 20.8. The molecule has 0 saturated carbocycles. The van der Waals surface area contributed by atoms with E-state index in [2.05, 4.69) is 13.8 Å². The fourth-order valence-corrected chi connectivity index (χ4v) is 9.14. The fraction of sp³-hybridized carbons (Fsp3) is 0.471. The van der Waals surface area contributed by atoms with Crippen LogP contribution in [0.5, 0.6) is 17.2 Å². The van der Waals surface area contributed by atoms with Gasteiger partial charge >= 0.3 is 29.8 Å². The van der Waals surface area contributed by atoms with Crippen LogP contribution in [0.3, 0.4) is 0 Å². The van der Waals surface area contributed by atoms with Gasteiger partial charge in [-0.2, -0.15) is 0 Å². The number of rotatable bonds is 36. The molecule has 1 unspecified atom stereocenters. The van der Waals surface area contributed by atoms with Gasteiger partial charge in [0.1, 0.15) is 0 Å². The van der Waals surface area contributed by atoms with Crippen LogP contribution < -0.4 is 24.8 Å². The summed E-state index contributed by atoms with van der Waals surface area (Å²) in [7, 11) is 4.58. The Morgan fingerprint density at radius 2 is 1.09 bits per heavy atom. The Hall–Kier alpha value is -7.99. The number of carbonyl (C=O) groups excluding carboxylic acids is 3. The number of aromatic carboxylic acids is 1. The number of aliphatic carboxylic acids is 4. The SMILES string of the molecule is CCCCCCC/C=C/C(=O)O.CCCCCCCCCCCCCCCCCC/C(=C/C(N)=O)C(=O)O.COc1cc(CCC(=O)O)cc(OC)c1OC.Cc1cccc(N2C(=O)c3ccc(C(=O)O)cc3C2=O)c1.O=C(O)C(Cl)c1ccccc1. The number of allylic oxidation sites excluding steroid dienone is 1. The number of nitrogens with two attached hydrogens (primary N) is 1. The highest BCUT2D eigenvalue weighted by Gasteiger charge is 2.37. The zero-order valence-corrected chi connectivity index (χ0v) is 52.5. The molecule has 4 aromatic rings. The molecule has 0 saturated heterocycles. The molecule has 87 heavy (non-hydrogen) atoms. The number of carboxylic acid groups (broad SMARTS) is 5. The zero-order valence-electron chi connectivity index (χ0n) is 51.7. The average molecular weight is 1230 g/mol. The van der Waals surface area contributed by atoms with Gasteiger partial charge in [-0.15, -0.1) is 11.6 Å². The lowest BCUT2D eigenvalue weighted by atomic mass is 10.0. The Morgan fingerprint density at radius 3 is 1.53 bits per heavy atom. The van der Waals surface area contributed by atoms with E-state index in [-0.39, 0.29) is 28.7 Å². The number of aryl methyl sites for hydroxylation is 2. The van der Waals surface area contributed by atoms with Crippen LogP contribution in [0.25, 0.3) is 0 Å². The largest absolute Gasteiger partial charge is 0.493 e. The van der Waals surface area contributed by atoms with E-state index in [1.807, 2.05) is 19.1 Å². The Bertz CT molecular complexity index is 2770. The molecule has 0 bridgehead atoms. The van der Waals surface area contributed by atoms with Crippen molar-refractivity contribution in [2.75, 3.05) is 26.2 Å². The van der Waals surface area contributed by atoms with Gasteiger partial charge in [0, 0.05) is 24.1 Å². The number of imide groups is 1. The maximum atomic E-state index is 12.4. The summed E-state index contributed by atoms with van der Waals surface area (Å²) in [6.45, 7) is 6.31. The monoisotopic (exact) mass is 1230 g/mol. The predicted octanol–water partition coefficient (Wildman–Crippen LogP) is 15.4. The molecule has 4 aromatic carbocycles. The molecule has 1 atom stereocenters. The minimum absolute atomic E-state index is 0.0130. The summed E-state index contributed by atoms with van der Waals surface area (Å²) in [5, 5.41) is 42.4. The minimum atomic E-state index is -1.13. The first kappa shape index (κ1) is 77.0. The third kappa shape index (κ3) is 32.9. The number of carbonyl (C=O) groups is 8. The first-order valence-corrected chi connectivity index (χ1v) is 30.5. The van der Waals surface area contributed by atoms with Gasteiger partial charge in [-0.1, -0.05) is 184 Å². The maximum absolute atomic E-state index is 12.4. The number of hydrogen-bond donors (Lipinski definition) is 6. The predicted molar refractivity (Wildman–Crippen MR) is 340 cm³/mol. The number of anilines is 1. The van der Waals surface area contributed by atoms with E-state index < -0.39 is 52.9 Å². The van der Waals surface area contributed by atoms with Gasteiger partial charge in [-0.25, -0.2) is 19.3 Å². The quantitative estimate of drug-likeness (QED) is 0.0107. The van der Waals surface area contributed by atoms with Crippen molar-refractivity contribution in [3.05, 3.63) is 142 Å². The van der Waals surface area contributed by atoms with Gasteiger partial charge < -0.3 is 45.5 Å². The Labute approximate surface area is 518 Å². The normalized spacial score (nSPS) is 11.7. The first-order valence-electron chi connectivity index (χ1n) is 30.1. The Balaban J connectivity index is 0.000000562. The van der Waals surface area contributed by atoms with Gasteiger partial charge in [0.05, 0.1) is 43.7 Å². The van der Waals surface area contributed by atoms with Crippen molar-refractivity contribution in [3.63, 3.8) is 0 Å². The van der Waals surface area contributed by atoms with E-state index >= 15 is 0 Å². The number of hydrogen-bond acceptors (Lipinski definition) is 11. The number of unbranched alkanes of at least 4 members (excludes halogenated alkanes) is 20. The second kappa shape index (κ2) is 46.3. The lowest BCUT2D eigenvalue weighted by molar-refractivity contribution is -0.137. The van der Waals surface area contributed by atoms with Gasteiger partial charge in [-0.05, 0) is 98.2 Å². The molecule has 1 aliphatic heterocycles. The van der Waals surface area contributed by atoms with Crippen LogP contribution in [0.15, 0.2) is 109 Å². The topological polar surface area (TPSA) is 295 Å². The molecule has 0 spiro atoms. The highest BCUT2D eigenvalue weighted by molar-refractivity contribution is 6.34. The van der Waals surface area contributed by atoms with Crippen LogP contribution in [-0.4, -0.2) is 94.4 Å². The highest BCUT2D eigenvalue weighted by Crippen LogP contribution is 2.38. The third-order valence-electron chi connectivity index (χ3n) is 13.7. The van der Waals surface area contributed by atoms with Crippen molar-refractivity contribution in [3.8, 4) is 17.2 Å². The zero-order chi connectivity index (χ0) is 64.9. The van der Waals surface area contributed by atoms with Gasteiger partial charge in [0.2, 0.25) is 11.7 Å². The molecule has 1 heterocycles. The molecule has 0 fully saturated rings. The van der Waals surface area contributed by atoms with Gasteiger partial charge in [-0.3, -0.25) is 24.0 Å². The van der Waals surface area contributed by atoms with E-state index in [1.165, 1.54) is 155 Å². The van der Waals surface area contributed by atoms with E-state index in [0.717, 1.165) is 54.2 Å². The molecule has 1 aliphatic rings. The number of alkyl halides is 1. The van der Waals surface area contributed by atoms with Crippen LogP contribution in [-0.2, 0) is 30.4 Å². The van der Waals surface area contributed by atoms with Gasteiger partial charge in [0.15, 0.2) is 16.9 Å². The standard InChI is InChI=1S/C22H41NO3.C16H11NO4.C12H16O5.C10H18O2.C8H7ClO2/c1-2-3-4-5-6-7-8-9-10-11-12-13-14-15-16-17-18-20(22(25)26)19-21(23)24;1-9-3-2-4-11(7-9)17-14(18)12-6-5-10(16(20)21)8-13(12)15(17)19;1-15-9-6-8(4-5-11(13)14)7-10(16-2)12(9)17-3;1-2-3-4-5-6-7-8-9-10(11)12;9-7(8(10)11)6-4-2-1-3-5-6/h19H,2-18H2,1H3,(H2,23,24)(H,25,26);2-8H,1H3,(H,20,21);6-7H,4-5H2,1-3H3,(H,13,14);8-9H,2-7H2,1H3,(H,11,12);1-5,7H,(H,10,11)/b20-19-;;;9-8+;. The molecule has 478 valence electrons. The van der Waals surface area contributed by atoms with Crippen LogP contribution >= 0.6 is 11.6 Å². The molecule has 19 heteroatoms. The molecular weight excluding hydrogens is 1140 g/mol. The molecule has 0 radical (unpaired) electrons. The summed E-state index contributed by atoms with van der Waals surface area (Å²) in [6, 6.07) is 23.2. The lowest BCUT2D eigenvalue weighted by Crippen LogP contribution is -2.29. The number of methoxy groups -OCH3 is 3. The summed E-state index contributed by atoms with van der Waals surface area (Å²) >= 11 is 5.54. The molecule has 0 aromatic heterocycles. The third-order valence-corrected chi connectivity index (χ3v) is 14.1. The number of halogens is 1. The van der Waals surface area contributed by atoms with E-state index in [1.54, 1.807) is 60.7 Å². The van der Waals surface area contributed by atoms with Crippen LogP contribution in [0, 0.1) is 6.92 Å². The number of carboxylic acids is 5. The van der Waals surface area contributed by atoms with Gasteiger partial charge in [0.25, 0.3) is 11.8 Å². The van der Waals surface area contributed by atoms with E-state index in [0.29, 0.717) is 41.3 Å². The first-order chi connectivity index (χ1) is 41.7. The summed E-state index contributed by atoms with van der Waals surface area (Å²) in [6.07, 6.45) is 32.6. The number of amides is 3. The number of ether oxygens (including phenoxy) is 3. The molecule has 0 aliphatic carbocycles. The van der Waals surface area contributed by atoms with Crippen molar-refractivity contribution in [1.29, 1.82) is 0 Å². The molecule has 18 nitrogen and oxygen atoms in total.